The number of amides is 1. The molecule has 1 aliphatic carbocycles. The molecule has 0 atom stereocenters. The predicted octanol–water partition coefficient (Wildman–Crippen LogP) is 4.59. The van der Waals surface area contributed by atoms with Gasteiger partial charge < -0.3 is 5.32 Å². The Labute approximate surface area is 159 Å². The molecule has 1 aromatic heterocycles. The first kappa shape index (κ1) is 18.5. The van der Waals surface area contributed by atoms with Gasteiger partial charge in [-0.2, -0.15) is 0 Å². The zero-order chi connectivity index (χ0) is 17.6. The normalized spacial score (nSPS) is 15.2. The molecule has 8 heteroatoms. The van der Waals surface area contributed by atoms with Crippen LogP contribution in [0, 0.1) is 15.7 Å². The largest absolute Gasteiger partial charge is 0.355 e. The molecule has 0 radical (unpaired) electrons. The van der Waals surface area contributed by atoms with Crippen molar-refractivity contribution in [3.8, 4) is 5.69 Å². The minimum absolute atomic E-state index is 0.0324. The number of nitrogens with one attached hydrogen (secondary N) is 1. The number of benzene rings is 1. The molecule has 2 aromatic rings. The summed E-state index contributed by atoms with van der Waals surface area (Å²) in [5.41, 5.74) is 0.719. The van der Waals surface area contributed by atoms with E-state index in [-0.39, 0.29) is 11.7 Å². The Balaban J connectivity index is 1.51. The van der Waals surface area contributed by atoms with Crippen LogP contribution < -0.4 is 5.32 Å². The summed E-state index contributed by atoms with van der Waals surface area (Å²) >= 11 is 8.05. The molecule has 1 aliphatic rings. The van der Waals surface area contributed by atoms with Crippen LogP contribution >= 0.6 is 35.3 Å². The molecule has 0 unspecified atom stereocenters. The van der Waals surface area contributed by atoms with Crippen LogP contribution in [0.15, 0.2) is 28.6 Å². The van der Waals surface area contributed by atoms with Gasteiger partial charge in [0.25, 0.3) is 0 Å². The highest BCUT2D eigenvalue weighted by Gasteiger charge is 2.15. The lowest BCUT2D eigenvalue weighted by Gasteiger charge is -2.21. The van der Waals surface area contributed by atoms with Crippen LogP contribution in [0.4, 0.5) is 4.39 Å². The molecule has 1 fully saturated rings. The molecule has 134 valence electrons. The summed E-state index contributed by atoms with van der Waals surface area (Å²) in [5.74, 6) is 0.695. The van der Waals surface area contributed by atoms with E-state index < -0.39 is 0 Å². The highest BCUT2D eigenvalue weighted by molar-refractivity contribution is 8.01. The molecular formula is C17H20FN3OS3. The maximum absolute atomic E-state index is 13.0. The number of halogens is 1. The third-order valence-corrected chi connectivity index (χ3v) is 6.61. The molecule has 25 heavy (non-hydrogen) atoms. The number of hydrogen-bond donors (Lipinski definition) is 1. The van der Waals surface area contributed by atoms with Gasteiger partial charge in [-0.25, -0.2) is 9.07 Å². The molecule has 4 nitrogen and oxygen atoms in total. The second-order valence-electron chi connectivity index (χ2n) is 6.12. The van der Waals surface area contributed by atoms with Gasteiger partial charge in [0.2, 0.25) is 5.91 Å². The summed E-state index contributed by atoms with van der Waals surface area (Å²) in [4.78, 5) is 12.0. The van der Waals surface area contributed by atoms with E-state index in [9.17, 15) is 9.18 Å². The van der Waals surface area contributed by atoms with Crippen LogP contribution in [0.1, 0.15) is 32.1 Å². The first-order valence-electron chi connectivity index (χ1n) is 8.37. The van der Waals surface area contributed by atoms with Gasteiger partial charge >= 0.3 is 0 Å². The molecule has 1 saturated carbocycles. The molecular weight excluding hydrogens is 377 g/mol. The van der Waals surface area contributed by atoms with Crippen LogP contribution in [0.25, 0.3) is 5.69 Å². The fourth-order valence-electron chi connectivity index (χ4n) is 2.89. The highest BCUT2D eigenvalue weighted by Crippen LogP contribution is 2.25. The first-order chi connectivity index (χ1) is 12.1. The highest BCUT2D eigenvalue weighted by atomic mass is 32.2. The fraction of sp³-hybridized carbons (Fsp3) is 0.471. The van der Waals surface area contributed by atoms with Crippen molar-refractivity contribution in [3.63, 3.8) is 0 Å². The molecule has 0 bridgehead atoms. The van der Waals surface area contributed by atoms with Gasteiger partial charge in [-0.05, 0) is 55.2 Å². The fourth-order valence-corrected chi connectivity index (χ4v) is 5.08. The van der Waals surface area contributed by atoms with Gasteiger partial charge in [-0.1, -0.05) is 42.4 Å². The van der Waals surface area contributed by atoms with Gasteiger partial charge in [-0.15, -0.1) is 5.10 Å². The summed E-state index contributed by atoms with van der Waals surface area (Å²) in [7, 11) is 0. The van der Waals surface area contributed by atoms with E-state index in [1.54, 1.807) is 16.8 Å². The van der Waals surface area contributed by atoms with Gasteiger partial charge in [0, 0.05) is 6.54 Å². The zero-order valence-electron chi connectivity index (χ0n) is 13.7. The quantitative estimate of drug-likeness (QED) is 0.572. The van der Waals surface area contributed by atoms with Crippen molar-refractivity contribution in [1.29, 1.82) is 0 Å². The van der Waals surface area contributed by atoms with Gasteiger partial charge in [0.05, 0.1) is 11.4 Å². The summed E-state index contributed by atoms with van der Waals surface area (Å²) in [6, 6.07) is 6.02. The van der Waals surface area contributed by atoms with Gasteiger partial charge in [0.15, 0.2) is 8.29 Å². The lowest BCUT2D eigenvalue weighted by molar-refractivity contribution is -0.118. The van der Waals surface area contributed by atoms with E-state index in [0.29, 0.717) is 15.6 Å². The van der Waals surface area contributed by atoms with E-state index in [1.165, 1.54) is 67.3 Å². The van der Waals surface area contributed by atoms with Crippen molar-refractivity contribution >= 4 is 41.2 Å². The lowest BCUT2D eigenvalue weighted by atomic mass is 9.89. The molecule has 1 N–H and O–H groups in total. The van der Waals surface area contributed by atoms with E-state index >= 15 is 0 Å². The summed E-state index contributed by atoms with van der Waals surface area (Å²) in [5, 5.41) is 7.45. The lowest BCUT2D eigenvalue weighted by Crippen LogP contribution is -2.31. The summed E-state index contributed by atoms with van der Waals surface area (Å²) in [6.45, 7) is 0.777. The predicted molar refractivity (Wildman–Crippen MR) is 103 cm³/mol. The Morgan fingerprint density at radius 1 is 1.32 bits per heavy atom. The number of thioether (sulfide) groups is 1. The van der Waals surface area contributed by atoms with Crippen LogP contribution in [0.5, 0.6) is 0 Å². The van der Waals surface area contributed by atoms with E-state index in [4.69, 9.17) is 12.2 Å². The summed E-state index contributed by atoms with van der Waals surface area (Å²) in [6.07, 6.45) is 6.31. The first-order valence-corrected chi connectivity index (χ1v) is 10.6. The van der Waals surface area contributed by atoms with Crippen molar-refractivity contribution in [2.45, 2.75) is 36.4 Å². The van der Waals surface area contributed by atoms with Crippen molar-refractivity contribution in [2.24, 2.45) is 5.92 Å². The van der Waals surface area contributed by atoms with Crippen molar-refractivity contribution < 1.29 is 9.18 Å². The van der Waals surface area contributed by atoms with Crippen molar-refractivity contribution in [1.82, 2.24) is 15.1 Å². The minimum atomic E-state index is -0.297. The van der Waals surface area contributed by atoms with E-state index in [2.05, 4.69) is 10.4 Å². The number of aromatic nitrogens is 2. The number of rotatable bonds is 6. The Bertz CT molecular complexity index is 766. The minimum Gasteiger partial charge on any atom is -0.355 e. The maximum atomic E-state index is 13.0. The van der Waals surface area contributed by atoms with Crippen molar-refractivity contribution in [2.75, 3.05) is 12.3 Å². The van der Waals surface area contributed by atoms with Crippen LogP contribution in [-0.4, -0.2) is 28.0 Å². The second kappa shape index (κ2) is 8.91. The van der Waals surface area contributed by atoms with Crippen molar-refractivity contribution in [3.05, 3.63) is 34.0 Å². The Hall–Kier alpha value is -1.25. The molecule has 0 spiro atoms. The monoisotopic (exact) mass is 397 g/mol. The molecule has 1 aromatic carbocycles. The Kier molecular flexibility index (Phi) is 6.61. The standard InChI is InChI=1S/C17H20FN3OS3/c18-13-6-8-14(9-7-13)21-17(23)25-16(20-21)24-11-15(22)19-10-12-4-2-1-3-5-12/h6-9,12H,1-5,10-11H2,(H,19,22). The smallest absolute Gasteiger partial charge is 0.230 e. The van der Waals surface area contributed by atoms with Crippen LogP contribution in [0.2, 0.25) is 0 Å². The number of carbonyl (C=O) groups excluding carboxylic acids is 1. The number of nitrogens with zero attached hydrogens (tertiary/aromatic N) is 2. The average Bonchev–Trinajstić information content (AvgIpc) is 3.00. The SMILES string of the molecule is O=C(CSc1nn(-c2ccc(F)cc2)c(=S)s1)NCC1CCCCC1. The van der Waals surface area contributed by atoms with Crippen LogP contribution in [0.3, 0.4) is 0 Å². The molecule has 1 heterocycles. The Morgan fingerprint density at radius 2 is 2.04 bits per heavy atom. The second-order valence-corrected chi connectivity index (χ2v) is 8.96. The summed E-state index contributed by atoms with van der Waals surface area (Å²) < 4.78 is 15.9. The molecule has 0 saturated heterocycles. The number of hydrogen-bond acceptors (Lipinski definition) is 5. The third kappa shape index (κ3) is 5.36. The van der Waals surface area contributed by atoms with Crippen LogP contribution in [-0.2, 0) is 4.79 Å². The average molecular weight is 398 g/mol. The number of carbonyl (C=O) groups is 1. The van der Waals surface area contributed by atoms with Gasteiger partial charge in [-0.3, -0.25) is 4.79 Å². The maximum Gasteiger partial charge on any atom is 0.230 e. The molecule has 1 amide bonds. The molecule has 3 rings (SSSR count). The zero-order valence-corrected chi connectivity index (χ0v) is 16.2. The van der Waals surface area contributed by atoms with Gasteiger partial charge in [0.1, 0.15) is 5.82 Å². The Morgan fingerprint density at radius 3 is 2.76 bits per heavy atom. The van der Waals surface area contributed by atoms with E-state index in [0.717, 1.165) is 16.6 Å². The molecule has 0 aliphatic heterocycles. The topological polar surface area (TPSA) is 46.9 Å². The van der Waals surface area contributed by atoms with E-state index in [1.807, 2.05) is 0 Å². The third-order valence-electron chi connectivity index (χ3n) is 4.24.